The van der Waals surface area contributed by atoms with Crippen LogP contribution in [0.4, 0.5) is 9.59 Å². The number of ether oxygens (including phenoxy) is 4. The summed E-state index contributed by atoms with van der Waals surface area (Å²) in [5.41, 5.74) is 0.279. The molecule has 0 aliphatic heterocycles. The molecule has 10 nitrogen and oxygen atoms in total. The van der Waals surface area contributed by atoms with Crippen molar-refractivity contribution in [3.8, 4) is 0 Å². The van der Waals surface area contributed by atoms with E-state index in [9.17, 15) is 19.2 Å². The molecule has 0 aromatic heterocycles. The molecular weight excluding hydrogens is 444 g/mol. The molecule has 190 valence electrons. The average Bonchev–Trinajstić information content (AvgIpc) is 3.55. The van der Waals surface area contributed by atoms with Gasteiger partial charge in [0, 0.05) is 24.7 Å². The van der Waals surface area contributed by atoms with Gasteiger partial charge in [0.25, 0.3) is 0 Å². The number of amides is 2. The van der Waals surface area contributed by atoms with Crippen LogP contribution >= 0.6 is 0 Å². The van der Waals surface area contributed by atoms with Gasteiger partial charge >= 0.3 is 24.1 Å². The fraction of sp³-hybridized carbons (Fsp3) is 0.667. The van der Waals surface area contributed by atoms with Gasteiger partial charge in [0.2, 0.25) is 0 Å². The number of nitrogens with one attached hydrogen (secondary N) is 2. The topological polar surface area (TPSA) is 129 Å². The average molecular weight is 481 g/mol. The molecule has 0 saturated heterocycles. The largest absolute Gasteiger partial charge is 0.459 e. The standard InChI is InChI=1S/C24H36N2O8/c1-6-21(27)31-12-15(4)33-23(29)25-10-19-8-17-7-18(17)9-20(19)11-26-24(30)34-16(5)13-32-22(28)14(2)3/h6,15-20H,1-2,7-13H2,3-5H3,(H,25,29)(H,26,30). The minimum absolute atomic E-state index is 0.0494. The van der Waals surface area contributed by atoms with Crippen LogP contribution in [0.3, 0.4) is 0 Å². The third-order valence-electron chi connectivity index (χ3n) is 6.00. The maximum Gasteiger partial charge on any atom is 0.407 e. The number of carbonyl (C=O) groups excluding carboxylic acids is 4. The zero-order valence-electron chi connectivity index (χ0n) is 20.2. The molecule has 0 heterocycles. The molecule has 0 bridgehead atoms. The summed E-state index contributed by atoms with van der Waals surface area (Å²) < 4.78 is 20.3. The Balaban J connectivity index is 1.72. The van der Waals surface area contributed by atoms with Gasteiger partial charge in [-0.05, 0) is 63.7 Å². The molecule has 0 spiro atoms. The number of rotatable bonds is 12. The summed E-state index contributed by atoms with van der Waals surface area (Å²) in [6.45, 7) is 12.4. The van der Waals surface area contributed by atoms with E-state index in [-0.39, 0.29) is 30.6 Å². The Hall–Kier alpha value is -3.04. The zero-order valence-corrected chi connectivity index (χ0v) is 20.2. The minimum atomic E-state index is -0.595. The van der Waals surface area contributed by atoms with E-state index >= 15 is 0 Å². The molecule has 2 saturated carbocycles. The normalized spacial score (nSPS) is 24.3. The van der Waals surface area contributed by atoms with Crippen LogP contribution in [-0.2, 0) is 28.5 Å². The lowest BCUT2D eigenvalue weighted by molar-refractivity contribution is -0.142. The van der Waals surface area contributed by atoms with Crippen LogP contribution < -0.4 is 10.6 Å². The smallest absolute Gasteiger partial charge is 0.407 e. The van der Waals surface area contributed by atoms with E-state index in [1.54, 1.807) is 20.8 Å². The van der Waals surface area contributed by atoms with Gasteiger partial charge in [-0.2, -0.15) is 0 Å². The molecule has 0 aromatic rings. The molecule has 6 atom stereocenters. The molecule has 2 rings (SSSR count). The van der Waals surface area contributed by atoms with Crippen molar-refractivity contribution >= 4 is 24.1 Å². The fourth-order valence-corrected chi connectivity index (χ4v) is 4.07. The molecule has 0 aromatic carbocycles. The van der Waals surface area contributed by atoms with Crippen molar-refractivity contribution in [1.29, 1.82) is 0 Å². The van der Waals surface area contributed by atoms with Crippen LogP contribution in [0.5, 0.6) is 0 Å². The van der Waals surface area contributed by atoms with Crippen LogP contribution in [0.1, 0.15) is 40.0 Å². The molecule has 2 aliphatic rings. The van der Waals surface area contributed by atoms with E-state index in [4.69, 9.17) is 18.9 Å². The lowest BCUT2D eigenvalue weighted by atomic mass is 9.79. The molecule has 10 heteroatoms. The van der Waals surface area contributed by atoms with Gasteiger partial charge in [-0.15, -0.1) is 0 Å². The van der Waals surface area contributed by atoms with E-state index in [1.807, 2.05) is 0 Å². The Bertz CT molecular complexity index is 783. The van der Waals surface area contributed by atoms with Crippen molar-refractivity contribution in [2.24, 2.45) is 23.7 Å². The van der Waals surface area contributed by atoms with Gasteiger partial charge in [0.05, 0.1) is 0 Å². The summed E-state index contributed by atoms with van der Waals surface area (Å²) in [7, 11) is 0. The Morgan fingerprint density at radius 3 is 1.79 bits per heavy atom. The zero-order chi connectivity index (χ0) is 25.3. The minimum Gasteiger partial charge on any atom is -0.459 e. The first-order valence-electron chi connectivity index (χ1n) is 11.6. The van der Waals surface area contributed by atoms with Crippen molar-refractivity contribution in [3.05, 3.63) is 24.8 Å². The highest BCUT2D eigenvalue weighted by Crippen LogP contribution is 2.53. The molecule has 2 aliphatic carbocycles. The van der Waals surface area contributed by atoms with Crippen molar-refractivity contribution in [1.82, 2.24) is 10.6 Å². The third kappa shape index (κ3) is 9.44. The fourth-order valence-electron chi connectivity index (χ4n) is 4.07. The summed E-state index contributed by atoms with van der Waals surface area (Å²) >= 11 is 0. The Morgan fingerprint density at radius 1 is 0.882 bits per heavy atom. The van der Waals surface area contributed by atoms with E-state index in [1.165, 1.54) is 6.42 Å². The first kappa shape index (κ1) is 27.2. The summed E-state index contributed by atoms with van der Waals surface area (Å²) in [5.74, 6) is 0.627. The second-order valence-electron chi connectivity index (χ2n) is 9.15. The predicted molar refractivity (Wildman–Crippen MR) is 123 cm³/mol. The van der Waals surface area contributed by atoms with E-state index in [0.717, 1.165) is 18.9 Å². The SMILES string of the molecule is C=CC(=O)OCC(C)OC(=O)NCC1CC2CC2CC1CNC(=O)OC(C)COC(=O)C(=C)C. The van der Waals surface area contributed by atoms with Gasteiger partial charge < -0.3 is 29.6 Å². The van der Waals surface area contributed by atoms with E-state index in [0.29, 0.717) is 24.9 Å². The van der Waals surface area contributed by atoms with Crippen LogP contribution in [0.15, 0.2) is 24.8 Å². The number of esters is 2. The molecule has 2 amide bonds. The van der Waals surface area contributed by atoms with Gasteiger partial charge in [-0.3, -0.25) is 0 Å². The maximum atomic E-state index is 12.2. The number of hydrogen-bond donors (Lipinski definition) is 2. The Morgan fingerprint density at radius 2 is 1.35 bits per heavy atom. The maximum absolute atomic E-state index is 12.2. The summed E-state index contributed by atoms with van der Waals surface area (Å²) in [5, 5.41) is 5.58. The lowest BCUT2D eigenvalue weighted by Gasteiger charge is -2.31. The van der Waals surface area contributed by atoms with Gasteiger partial charge in [-0.1, -0.05) is 13.2 Å². The van der Waals surface area contributed by atoms with Gasteiger partial charge in [-0.25, -0.2) is 19.2 Å². The third-order valence-corrected chi connectivity index (χ3v) is 6.00. The molecule has 6 unspecified atom stereocenters. The van der Waals surface area contributed by atoms with Crippen molar-refractivity contribution in [3.63, 3.8) is 0 Å². The van der Waals surface area contributed by atoms with Gasteiger partial charge in [0.15, 0.2) is 0 Å². The summed E-state index contributed by atoms with van der Waals surface area (Å²) in [6, 6.07) is 0. The van der Waals surface area contributed by atoms with Crippen LogP contribution in [-0.4, -0.2) is 62.6 Å². The summed E-state index contributed by atoms with van der Waals surface area (Å²) in [6.07, 6.45) is 1.84. The Labute approximate surface area is 200 Å². The van der Waals surface area contributed by atoms with Crippen LogP contribution in [0.2, 0.25) is 0 Å². The second-order valence-corrected chi connectivity index (χ2v) is 9.15. The second kappa shape index (κ2) is 13.0. The predicted octanol–water partition coefficient (Wildman–Crippen LogP) is 2.73. The number of carbonyl (C=O) groups is 4. The molecular formula is C24H36N2O8. The Kier molecular flexibility index (Phi) is 10.4. The number of fused-ring (bicyclic) bond motifs is 1. The molecule has 2 N–H and O–H groups in total. The quantitative estimate of drug-likeness (QED) is 0.248. The molecule has 2 fully saturated rings. The van der Waals surface area contributed by atoms with Crippen molar-refractivity contribution in [2.75, 3.05) is 26.3 Å². The first-order chi connectivity index (χ1) is 16.1. The van der Waals surface area contributed by atoms with Gasteiger partial charge in [0.1, 0.15) is 25.4 Å². The highest BCUT2D eigenvalue weighted by molar-refractivity contribution is 5.86. The highest BCUT2D eigenvalue weighted by Gasteiger charge is 2.46. The van der Waals surface area contributed by atoms with Crippen LogP contribution in [0.25, 0.3) is 0 Å². The first-order valence-corrected chi connectivity index (χ1v) is 11.6. The highest BCUT2D eigenvalue weighted by atomic mass is 16.6. The molecule has 34 heavy (non-hydrogen) atoms. The number of hydrogen-bond acceptors (Lipinski definition) is 8. The monoisotopic (exact) mass is 480 g/mol. The van der Waals surface area contributed by atoms with Crippen molar-refractivity contribution < 1.29 is 38.1 Å². The molecule has 0 radical (unpaired) electrons. The lowest BCUT2D eigenvalue weighted by Crippen LogP contribution is -2.41. The van der Waals surface area contributed by atoms with Crippen molar-refractivity contribution in [2.45, 2.75) is 52.2 Å². The number of alkyl carbamates (subject to hydrolysis) is 2. The van der Waals surface area contributed by atoms with Crippen LogP contribution in [0, 0.1) is 23.7 Å². The van der Waals surface area contributed by atoms with E-state index in [2.05, 4.69) is 23.8 Å². The van der Waals surface area contributed by atoms with E-state index < -0.39 is 36.3 Å². The summed E-state index contributed by atoms with van der Waals surface area (Å²) in [4.78, 5) is 46.8.